The third-order valence-corrected chi connectivity index (χ3v) is 7.78. The first-order chi connectivity index (χ1) is 22.9. The topological polar surface area (TPSA) is 97.8 Å². The average Bonchev–Trinajstić information content (AvgIpc) is 3.33. The predicted octanol–water partition coefficient (Wildman–Crippen LogP) is 8.26. The molecule has 5 rings (SSSR count). The summed E-state index contributed by atoms with van der Waals surface area (Å²) in [5.74, 6) is -1.74. The second-order valence-corrected chi connectivity index (χ2v) is 10.9. The van der Waals surface area contributed by atoms with Crippen molar-refractivity contribution < 1.29 is 28.2 Å². The Morgan fingerprint density at radius 1 is 0.979 bits per heavy atom. The zero-order valence-electron chi connectivity index (χ0n) is 26.4. The fourth-order valence-electron chi connectivity index (χ4n) is 5.40. The Labute approximate surface area is 273 Å². The fourth-order valence-corrected chi connectivity index (χ4v) is 5.40. The maximum absolute atomic E-state index is 14.3. The summed E-state index contributed by atoms with van der Waals surface area (Å²) in [4.78, 5) is 47.1. The van der Waals surface area contributed by atoms with Crippen molar-refractivity contribution in [1.29, 1.82) is 0 Å². The molecule has 4 aromatic rings. The van der Waals surface area contributed by atoms with Crippen LogP contribution < -0.4 is 14.8 Å². The van der Waals surface area contributed by atoms with Crippen molar-refractivity contribution in [2.45, 2.75) is 45.8 Å². The molecular weight excluding hydrogens is 597 g/mol. The van der Waals surface area contributed by atoms with Crippen LogP contribution in [0.4, 0.5) is 9.18 Å². The molecule has 1 atom stereocenters. The van der Waals surface area contributed by atoms with Gasteiger partial charge in [0.1, 0.15) is 28.6 Å². The van der Waals surface area contributed by atoms with Gasteiger partial charge < -0.3 is 14.8 Å². The Bertz CT molecular complexity index is 1850. The molecule has 8 nitrogen and oxygen atoms in total. The number of ether oxygens (including phenoxy) is 2. The molecule has 0 saturated heterocycles. The van der Waals surface area contributed by atoms with Gasteiger partial charge in [-0.3, -0.25) is 19.5 Å². The predicted molar refractivity (Wildman–Crippen MR) is 179 cm³/mol. The molecule has 1 aromatic heterocycles. The number of fused-ring (bicyclic) bond motifs is 2. The van der Waals surface area contributed by atoms with Crippen molar-refractivity contribution in [2.75, 3.05) is 6.54 Å². The second-order valence-electron chi connectivity index (χ2n) is 10.9. The van der Waals surface area contributed by atoms with Crippen molar-refractivity contribution in [3.05, 3.63) is 137 Å². The number of hydrogen-bond acceptors (Lipinski definition) is 6. The van der Waals surface area contributed by atoms with E-state index < -0.39 is 29.8 Å². The normalized spacial score (nSPS) is 13.6. The first-order valence-electron chi connectivity index (χ1n) is 15.6. The molecule has 0 aliphatic carbocycles. The first kappa shape index (κ1) is 32.8. The summed E-state index contributed by atoms with van der Waals surface area (Å²) in [6, 6.07) is 18.4. The van der Waals surface area contributed by atoms with Gasteiger partial charge in [0.05, 0.1) is 6.54 Å². The Morgan fingerprint density at radius 3 is 2.38 bits per heavy atom. The van der Waals surface area contributed by atoms with Gasteiger partial charge in [-0.1, -0.05) is 93.6 Å². The van der Waals surface area contributed by atoms with E-state index in [1.54, 1.807) is 30.5 Å². The number of halogens is 1. The molecule has 240 valence electrons. The minimum atomic E-state index is -0.760. The number of nitrogens with zero attached hydrogens (tertiary/aromatic N) is 2. The lowest BCUT2D eigenvalue weighted by Crippen LogP contribution is -2.30. The molecule has 2 heterocycles. The number of imide groups is 1. The zero-order valence-corrected chi connectivity index (χ0v) is 26.4. The summed E-state index contributed by atoms with van der Waals surface area (Å²) in [6.45, 7) is 7.99. The van der Waals surface area contributed by atoms with Gasteiger partial charge in [0.15, 0.2) is 11.5 Å². The largest absolute Gasteiger partial charge is 0.478 e. The second kappa shape index (κ2) is 15.1. The third-order valence-electron chi connectivity index (χ3n) is 7.78. The van der Waals surface area contributed by atoms with Crippen molar-refractivity contribution >= 4 is 28.8 Å². The monoisotopic (exact) mass is 633 g/mol. The number of amides is 3. The van der Waals surface area contributed by atoms with E-state index in [0.29, 0.717) is 23.9 Å². The van der Waals surface area contributed by atoms with E-state index in [4.69, 9.17) is 9.47 Å². The van der Waals surface area contributed by atoms with Crippen LogP contribution in [0.25, 0.3) is 10.9 Å². The molecule has 0 fully saturated rings. The number of carbonyl (C=O) groups is 3. The lowest BCUT2D eigenvalue weighted by molar-refractivity contribution is 0.0640. The van der Waals surface area contributed by atoms with Gasteiger partial charge in [-0.15, -0.1) is 0 Å². The number of unbranched alkanes of at least 4 members (excludes halogenated alkanes) is 1. The number of aromatic nitrogens is 1. The molecule has 47 heavy (non-hydrogen) atoms. The van der Waals surface area contributed by atoms with Crippen LogP contribution >= 0.6 is 0 Å². The van der Waals surface area contributed by atoms with E-state index >= 15 is 0 Å². The van der Waals surface area contributed by atoms with Crippen molar-refractivity contribution in [3.8, 4) is 11.5 Å². The lowest BCUT2D eigenvalue weighted by Gasteiger charge is -2.24. The lowest BCUT2D eigenvalue weighted by atomic mass is 9.97. The van der Waals surface area contributed by atoms with Crippen LogP contribution in [0.2, 0.25) is 0 Å². The Hall–Kier alpha value is -5.57. The highest BCUT2D eigenvalue weighted by atomic mass is 19.1. The number of nitrogens with one attached hydrogen (secondary N) is 1. The van der Waals surface area contributed by atoms with E-state index in [1.165, 1.54) is 24.3 Å². The van der Waals surface area contributed by atoms with E-state index in [9.17, 15) is 18.8 Å². The summed E-state index contributed by atoms with van der Waals surface area (Å²) in [6.07, 6.45) is 9.60. The van der Waals surface area contributed by atoms with Crippen molar-refractivity contribution in [1.82, 2.24) is 15.2 Å². The highest BCUT2D eigenvalue weighted by molar-refractivity contribution is 6.27. The van der Waals surface area contributed by atoms with Crippen molar-refractivity contribution in [3.63, 3.8) is 0 Å². The maximum atomic E-state index is 14.3. The molecular formula is C38H36FN3O5. The molecule has 0 saturated carbocycles. The van der Waals surface area contributed by atoms with Crippen molar-refractivity contribution in [2.24, 2.45) is 0 Å². The van der Waals surface area contributed by atoms with Crippen LogP contribution in [0.1, 0.15) is 71.1 Å². The van der Waals surface area contributed by atoms with Gasteiger partial charge in [0, 0.05) is 18.1 Å². The van der Waals surface area contributed by atoms with Crippen LogP contribution in [0, 0.1) is 5.82 Å². The maximum Gasteiger partial charge on any atom is 0.412 e. The van der Waals surface area contributed by atoms with Gasteiger partial charge in [0.25, 0.3) is 11.8 Å². The van der Waals surface area contributed by atoms with Gasteiger partial charge in [-0.2, -0.15) is 0 Å². The van der Waals surface area contributed by atoms with Gasteiger partial charge in [0.2, 0.25) is 0 Å². The highest BCUT2D eigenvalue weighted by Gasteiger charge is 2.44. The molecule has 1 unspecified atom stereocenters. The van der Waals surface area contributed by atoms with Crippen LogP contribution in [0.15, 0.2) is 109 Å². The van der Waals surface area contributed by atoms with E-state index in [2.05, 4.69) is 16.9 Å². The number of rotatable bonds is 13. The van der Waals surface area contributed by atoms with Crippen LogP contribution in [0.3, 0.4) is 0 Å². The smallest absolute Gasteiger partial charge is 0.412 e. The van der Waals surface area contributed by atoms with Crippen LogP contribution in [-0.4, -0.2) is 34.3 Å². The summed E-state index contributed by atoms with van der Waals surface area (Å²) >= 11 is 0. The molecule has 1 N–H and O–H groups in total. The van der Waals surface area contributed by atoms with E-state index in [1.807, 2.05) is 56.3 Å². The molecule has 0 radical (unpaired) electrons. The summed E-state index contributed by atoms with van der Waals surface area (Å²) in [5, 5.41) is 3.04. The summed E-state index contributed by atoms with van der Waals surface area (Å²) in [5.41, 5.74) is 2.35. The number of hydrogen-bond donors (Lipinski definition) is 1. The Morgan fingerprint density at radius 2 is 1.70 bits per heavy atom. The zero-order chi connectivity index (χ0) is 33.3. The molecule has 3 amide bonds. The summed E-state index contributed by atoms with van der Waals surface area (Å²) in [7, 11) is 0. The number of pyridine rings is 1. The Kier molecular flexibility index (Phi) is 10.6. The standard InChI is InChI=1S/C38H36FN3O5/c1-4-7-10-14-26(6-3)33(27-15-11-9-12-16-27)46-35-31-30(36(43)42(37(31)44)24-25-18-20-28(39)21-19-25)34(29-17-13-23-40-32(29)35)47-38(45)41-22-8-5-2/h4,7,9-21,23,33H,1,5-6,8,22,24H2,2-3H3,(H,41,45)/b10-7-,26-14+. The quantitative estimate of drug-likeness (QED) is 0.0905. The molecule has 0 bridgehead atoms. The average molecular weight is 634 g/mol. The number of allylic oxidation sites excluding steroid dienone is 4. The molecule has 1 aliphatic heterocycles. The minimum absolute atomic E-state index is 0.0577. The molecule has 1 aliphatic rings. The van der Waals surface area contributed by atoms with E-state index in [-0.39, 0.29) is 34.7 Å². The fraction of sp³-hybridized carbons (Fsp3) is 0.211. The van der Waals surface area contributed by atoms with Gasteiger partial charge >= 0.3 is 6.09 Å². The van der Waals surface area contributed by atoms with Gasteiger partial charge in [-0.05, 0) is 53.8 Å². The molecule has 3 aromatic carbocycles. The highest BCUT2D eigenvalue weighted by Crippen LogP contribution is 2.46. The summed E-state index contributed by atoms with van der Waals surface area (Å²) < 4.78 is 26.3. The van der Waals surface area contributed by atoms with E-state index in [0.717, 1.165) is 28.9 Å². The van der Waals surface area contributed by atoms with Crippen LogP contribution in [-0.2, 0) is 6.54 Å². The first-order valence-corrected chi connectivity index (χ1v) is 15.6. The minimum Gasteiger partial charge on any atom is -0.478 e. The number of benzene rings is 3. The molecule has 9 heteroatoms. The number of carbonyl (C=O) groups excluding carboxylic acids is 3. The Balaban J connectivity index is 1.71. The third kappa shape index (κ3) is 7.14. The van der Waals surface area contributed by atoms with Crippen LogP contribution in [0.5, 0.6) is 11.5 Å². The SMILES string of the molecule is C=C/C=C\C=C(/CC)C(Oc1c2c(c(OC(=O)NCCCC)c3cccnc13)C(=O)N(Cc1ccc(F)cc1)C2=O)c1ccccc1. The van der Waals surface area contributed by atoms with Gasteiger partial charge in [-0.25, -0.2) is 9.18 Å². The molecule has 0 spiro atoms.